The van der Waals surface area contributed by atoms with E-state index in [1.54, 1.807) is 31.2 Å². The Morgan fingerprint density at radius 2 is 2.14 bits per heavy atom. The summed E-state index contributed by atoms with van der Waals surface area (Å²) in [6.45, 7) is 1.43. The maximum absolute atomic E-state index is 11.7. The van der Waals surface area contributed by atoms with Gasteiger partial charge in [0.25, 0.3) is 11.8 Å². The smallest absolute Gasteiger partial charge is 0.258 e. The Hall–Kier alpha value is -1.76. The van der Waals surface area contributed by atoms with Crippen LogP contribution in [0.15, 0.2) is 28.8 Å². The number of hydrogen-bond donors (Lipinski definition) is 2. The van der Waals surface area contributed by atoms with Gasteiger partial charge in [0.1, 0.15) is 5.76 Å². The van der Waals surface area contributed by atoms with Crippen molar-refractivity contribution in [1.82, 2.24) is 10.5 Å². The Morgan fingerprint density at radius 1 is 1.45 bits per heavy atom. The summed E-state index contributed by atoms with van der Waals surface area (Å²) < 4.78 is 9.93. The van der Waals surface area contributed by atoms with Crippen LogP contribution in [0.1, 0.15) is 17.4 Å². The second-order valence-corrected chi connectivity index (χ2v) is 5.33. The van der Waals surface area contributed by atoms with Crippen molar-refractivity contribution in [3.8, 4) is 5.88 Å². The van der Waals surface area contributed by atoms with Gasteiger partial charge < -0.3 is 19.7 Å². The zero-order valence-corrected chi connectivity index (χ0v) is 13.2. The summed E-state index contributed by atoms with van der Waals surface area (Å²) in [7, 11) is 0. The summed E-state index contributed by atoms with van der Waals surface area (Å²) in [6, 6.07) is 6.46. The van der Waals surface area contributed by atoms with Gasteiger partial charge in [0.15, 0.2) is 6.61 Å². The molecule has 118 valence electrons. The number of carbonyl (C=O) groups is 1. The number of aliphatic hydroxyl groups excluding tert-OH is 1. The van der Waals surface area contributed by atoms with Crippen LogP contribution in [-0.2, 0) is 4.79 Å². The quantitative estimate of drug-likeness (QED) is 0.840. The lowest BCUT2D eigenvalue weighted by Crippen LogP contribution is -2.32. The molecule has 0 aliphatic carbocycles. The molecule has 6 nitrogen and oxygen atoms in total. The number of nitrogens with zero attached hydrogens (tertiary/aromatic N) is 1. The monoisotopic (exact) mass is 344 g/mol. The van der Waals surface area contributed by atoms with Gasteiger partial charge in [0, 0.05) is 28.2 Å². The third-order valence-corrected chi connectivity index (χ3v) is 3.44. The molecule has 2 aromatic rings. The molecule has 1 atom stereocenters. The molecule has 0 radical (unpaired) electrons. The highest BCUT2D eigenvalue weighted by atomic mass is 35.5. The average molecular weight is 345 g/mol. The average Bonchev–Trinajstić information content (AvgIpc) is 2.88. The molecule has 0 fully saturated rings. The second-order valence-electron chi connectivity index (χ2n) is 4.52. The summed E-state index contributed by atoms with van der Waals surface area (Å²) in [5, 5.41) is 16.9. The molecule has 22 heavy (non-hydrogen) atoms. The molecule has 8 heteroatoms. The van der Waals surface area contributed by atoms with Gasteiger partial charge in [-0.15, -0.1) is 0 Å². The first-order chi connectivity index (χ1) is 10.5. The van der Waals surface area contributed by atoms with Crippen LogP contribution >= 0.6 is 23.2 Å². The molecule has 0 saturated carbocycles. The van der Waals surface area contributed by atoms with Crippen molar-refractivity contribution in [2.24, 2.45) is 0 Å². The molecule has 0 aliphatic heterocycles. The first kappa shape index (κ1) is 16.6. The van der Waals surface area contributed by atoms with Gasteiger partial charge >= 0.3 is 0 Å². The zero-order valence-electron chi connectivity index (χ0n) is 11.7. The molecule has 1 aromatic carbocycles. The Balaban J connectivity index is 1.83. The molecule has 0 aliphatic rings. The van der Waals surface area contributed by atoms with Gasteiger partial charge in [-0.05, 0) is 24.2 Å². The Kier molecular flexibility index (Phi) is 5.65. The predicted octanol–water partition coefficient (Wildman–Crippen LogP) is 2.52. The van der Waals surface area contributed by atoms with Gasteiger partial charge in [-0.25, -0.2) is 0 Å². The molecule has 1 amide bonds. The number of nitrogens with one attached hydrogen (secondary N) is 1. The minimum atomic E-state index is -1.01. The number of hydrogen-bond acceptors (Lipinski definition) is 5. The summed E-state index contributed by atoms with van der Waals surface area (Å²) in [5.41, 5.74) is 0.374. The largest absolute Gasteiger partial charge is 0.465 e. The summed E-state index contributed by atoms with van der Waals surface area (Å²) in [4.78, 5) is 11.7. The number of benzene rings is 1. The van der Waals surface area contributed by atoms with Crippen LogP contribution in [0.25, 0.3) is 0 Å². The molecular formula is C14H14Cl2N2O4. The second kappa shape index (κ2) is 7.49. The molecule has 2 rings (SSSR count). The van der Waals surface area contributed by atoms with E-state index in [-0.39, 0.29) is 19.0 Å². The van der Waals surface area contributed by atoms with Crippen molar-refractivity contribution in [2.75, 3.05) is 13.2 Å². The number of aliphatic hydroxyl groups is 1. The number of aromatic nitrogens is 1. The molecule has 2 N–H and O–H groups in total. The highest BCUT2D eigenvalue weighted by molar-refractivity contribution is 6.36. The number of aryl methyl sites for hydroxylation is 1. The van der Waals surface area contributed by atoms with Crippen molar-refractivity contribution < 1.29 is 19.2 Å². The van der Waals surface area contributed by atoms with Crippen LogP contribution in [-0.4, -0.2) is 29.3 Å². The fourth-order valence-corrected chi connectivity index (χ4v) is 2.39. The number of amides is 1. The Morgan fingerprint density at radius 3 is 2.73 bits per heavy atom. The van der Waals surface area contributed by atoms with Crippen LogP contribution in [0.5, 0.6) is 5.88 Å². The number of ether oxygens (including phenoxy) is 1. The molecule has 1 unspecified atom stereocenters. The minimum absolute atomic E-state index is 0.0382. The van der Waals surface area contributed by atoms with E-state index in [1.165, 1.54) is 0 Å². The van der Waals surface area contributed by atoms with Crippen LogP contribution in [0.4, 0.5) is 0 Å². The van der Waals surface area contributed by atoms with E-state index in [0.717, 1.165) is 0 Å². The third-order valence-electron chi connectivity index (χ3n) is 2.78. The first-order valence-corrected chi connectivity index (χ1v) is 7.17. The molecule has 0 spiro atoms. The van der Waals surface area contributed by atoms with Gasteiger partial charge in [0.2, 0.25) is 0 Å². The van der Waals surface area contributed by atoms with Crippen molar-refractivity contribution in [3.63, 3.8) is 0 Å². The van der Waals surface area contributed by atoms with Crippen molar-refractivity contribution in [2.45, 2.75) is 13.0 Å². The SMILES string of the molecule is Cc1cc(OCC(=O)NCC(O)c2c(Cl)cccc2Cl)no1. The Labute approximate surface area is 137 Å². The first-order valence-electron chi connectivity index (χ1n) is 6.42. The van der Waals surface area contributed by atoms with E-state index in [0.29, 0.717) is 21.4 Å². The van der Waals surface area contributed by atoms with Gasteiger partial charge in [-0.3, -0.25) is 4.79 Å². The highest BCUT2D eigenvalue weighted by Crippen LogP contribution is 2.29. The summed E-state index contributed by atoms with van der Waals surface area (Å²) >= 11 is 12.0. The van der Waals surface area contributed by atoms with Crippen molar-refractivity contribution in [3.05, 3.63) is 45.6 Å². The fraction of sp³-hybridized carbons (Fsp3) is 0.286. The van der Waals surface area contributed by atoms with E-state index in [9.17, 15) is 9.90 Å². The molecule has 0 saturated heterocycles. The van der Waals surface area contributed by atoms with Crippen LogP contribution < -0.4 is 10.1 Å². The van der Waals surface area contributed by atoms with E-state index >= 15 is 0 Å². The van der Waals surface area contributed by atoms with E-state index in [4.69, 9.17) is 32.5 Å². The zero-order chi connectivity index (χ0) is 16.1. The topological polar surface area (TPSA) is 84.6 Å². The lowest BCUT2D eigenvalue weighted by Gasteiger charge is -2.15. The lowest BCUT2D eigenvalue weighted by molar-refractivity contribution is -0.123. The molecule has 1 aromatic heterocycles. The maximum Gasteiger partial charge on any atom is 0.258 e. The highest BCUT2D eigenvalue weighted by Gasteiger charge is 2.16. The fourth-order valence-electron chi connectivity index (χ4n) is 1.74. The minimum Gasteiger partial charge on any atom is -0.465 e. The van der Waals surface area contributed by atoms with Crippen molar-refractivity contribution >= 4 is 29.1 Å². The van der Waals surface area contributed by atoms with E-state index < -0.39 is 12.0 Å². The summed E-state index contributed by atoms with van der Waals surface area (Å²) in [6.07, 6.45) is -1.01. The Bertz CT molecular complexity index is 640. The van der Waals surface area contributed by atoms with Gasteiger partial charge in [0.05, 0.1) is 6.10 Å². The molecule has 0 bridgehead atoms. The molecule has 1 heterocycles. The van der Waals surface area contributed by atoms with E-state index in [1.807, 2.05) is 0 Å². The van der Waals surface area contributed by atoms with Crippen LogP contribution in [0, 0.1) is 6.92 Å². The predicted molar refractivity (Wildman–Crippen MR) is 81.2 cm³/mol. The number of rotatable bonds is 6. The van der Waals surface area contributed by atoms with Gasteiger partial charge in [-0.2, -0.15) is 0 Å². The third kappa shape index (κ3) is 4.37. The van der Waals surface area contributed by atoms with Gasteiger partial charge in [-0.1, -0.05) is 29.3 Å². The number of carbonyl (C=O) groups excluding carboxylic acids is 1. The summed E-state index contributed by atoms with van der Waals surface area (Å²) in [5.74, 6) is 0.393. The lowest BCUT2D eigenvalue weighted by atomic mass is 10.1. The standard InChI is InChI=1S/C14H14Cl2N2O4/c1-8-5-13(18-22-8)21-7-12(20)17-6-11(19)14-9(15)3-2-4-10(14)16/h2-5,11,19H,6-7H2,1H3,(H,17,20). The van der Waals surface area contributed by atoms with E-state index in [2.05, 4.69) is 10.5 Å². The molecular weight excluding hydrogens is 331 g/mol. The van der Waals surface area contributed by atoms with Crippen molar-refractivity contribution in [1.29, 1.82) is 0 Å². The van der Waals surface area contributed by atoms with Crippen LogP contribution in [0.3, 0.4) is 0 Å². The maximum atomic E-state index is 11.7. The van der Waals surface area contributed by atoms with Crippen LogP contribution in [0.2, 0.25) is 10.0 Å². The number of halogens is 2. The normalized spacial score (nSPS) is 12.0.